The average Bonchev–Trinajstić information content (AvgIpc) is 2.65. The lowest BCUT2D eigenvalue weighted by molar-refractivity contribution is -0.137. The van der Waals surface area contributed by atoms with Gasteiger partial charge < -0.3 is 9.67 Å². The predicted octanol–water partition coefficient (Wildman–Crippen LogP) is 3.18. The summed E-state index contributed by atoms with van der Waals surface area (Å²) in [5.41, 5.74) is 2.96. The van der Waals surface area contributed by atoms with E-state index in [1.54, 1.807) is 0 Å². The summed E-state index contributed by atoms with van der Waals surface area (Å²) < 4.78 is 2.94. The van der Waals surface area contributed by atoms with Crippen molar-refractivity contribution in [1.29, 1.82) is 0 Å². The highest BCUT2D eigenvalue weighted by molar-refractivity contribution is 9.10. The maximum Gasteiger partial charge on any atom is 0.303 e. The molecule has 4 nitrogen and oxygen atoms in total. The molecule has 0 saturated heterocycles. The largest absolute Gasteiger partial charge is 0.481 e. The Labute approximate surface area is 120 Å². The fourth-order valence-corrected chi connectivity index (χ4v) is 2.46. The monoisotopic (exact) mass is 322 g/mol. The van der Waals surface area contributed by atoms with E-state index in [2.05, 4.69) is 20.9 Å². The molecular formula is C14H15BrN2O2. The van der Waals surface area contributed by atoms with Gasteiger partial charge in [0.05, 0.1) is 12.1 Å². The number of benzene rings is 1. The molecule has 0 spiro atoms. The molecule has 2 aromatic rings. The summed E-state index contributed by atoms with van der Waals surface area (Å²) >= 11 is 3.52. The van der Waals surface area contributed by atoms with Crippen molar-refractivity contribution in [1.82, 2.24) is 9.55 Å². The average molecular weight is 323 g/mol. The highest BCUT2D eigenvalue weighted by Gasteiger charge is 2.15. The molecule has 0 bridgehead atoms. The molecule has 2 rings (SSSR count). The summed E-state index contributed by atoms with van der Waals surface area (Å²) in [6.45, 7) is 1.99. The van der Waals surface area contributed by atoms with Gasteiger partial charge in [-0.3, -0.25) is 4.79 Å². The van der Waals surface area contributed by atoms with Crippen LogP contribution in [0.2, 0.25) is 0 Å². The van der Waals surface area contributed by atoms with Crippen molar-refractivity contribution in [3.63, 3.8) is 0 Å². The SMILES string of the molecule is Cc1c(-c2ccccc2Br)nc(CCC(=O)O)n1C. The molecule has 1 aromatic carbocycles. The van der Waals surface area contributed by atoms with E-state index in [1.807, 2.05) is 42.8 Å². The second-order valence-corrected chi connectivity index (χ2v) is 5.25. The van der Waals surface area contributed by atoms with Crippen LogP contribution in [-0.4, -0.2) is 20.6 Å². The fourth-order valence-electron chi connectivity index (χ4n) is 1.99. The van der Waals surface area contributed by atoms with Gasteiger partial charge in [-0.25, -0.2) is 4.98 Å². The van der Waals surface area contributed by atoms with E-state index >= 15 is 0 Å². The number of imidazole rings is 1. The minimum absolute atomic E-state index is 0.0969. The van der Waals surface area contributed by atoms with Gasteiger partial charge in [0.25, 0.3) is 0 Å². The molecule has 0 atom stereocenters. The Kier molecular flexibility index (Phi) is 4.04. The predicted molar refractivity (Wildman–Crippen MR) is 77.0 cm³/mol. The summed E-state index contributed by atoms with van der Waals surface area (Å²) in [6, 6.07) is 7.89. The number of hydrogen-bond donors (Lipinski definition) is 1. The molecule has 100 valence electrons. The minimum Gasteiger partial charge on any atom is -0.481 e. The number of carbonyl (C=O) groups is 1. The number of carboxylic acids is 1. The molecule has 0 aliphatic carbocycles. The Morgan fingerprint density at radius 2 is 2.11 bits per heavy atom. The van der Waals surface area contributed by atoms with Crippen LogP contribution in [0, 0.1) is 6.92 Å². The van der Waals surface area contributed by atoms with Crippen LogP contribution in [0.3, 0.4) is 0 Å². The molecule has 1 aromatic heterocycles. The summed E-state index contributed by atoms with van der Waals surface area (Å²) in [5, 5.41) is 8.76. The number of hydrogen-bond acceptors (Lipinski definition) is 2. The normalized spacial score (nSPS) is 10.7. The van der Waals surface area contributed by atoms with Gasteiger partial charge in [-0.05, 0) is 13.0 Å². The van der Waals surface area contributed by atoms with Crippen LogP contribution in [0.15, 0.2) is 28.7 Å². The van der Waals surface area contributed by atoms with Gasteiger partial charge in [0.2, 0.25) is 0 Å². The Bertz CT molecular complexity index is 620. The number of rotatable bonds is 4. The molecule has 19 heavy (non-hydrogen) atoms. The number of aliphatic carboxylic acids is 1. The molecule has 0 aliphatic heterocycles. The Morgan fingerprint density at radius 3 is 2.74 bits per heavy atom. The summed E-state index contributed by atoms with van der Waals surface area (Å²) in [7, 11) is 1.92. The minimum atomic E-state index is -0.803. The Morgan fingerprint density at radius 1 is 1.42 bits per heavy atom. The molecule has 1 heterocycles. The van der Waals surface area contributed by atoms with Crippen molar-refractivity contribution in [2.75, 3.05) is 0 Å². The van der Waals surface area contributed by atoms with E-state index in [-0.39, 0.29) is 6.42 Å². The van der Waals surface area contributed by atoms with E-state index in [0.717, 1.165) is 27.2 Å². The third kappa shape index (κ3) is 2.87. The number of aryl methyl sites for hydroxylation is 1. The van der Waals surface area contributed by atoms with Crippen molar-refractivity contribution in [2.45, 2.75) is 19.8 Å². The van der Waals surface area contributed by atoms with E-state index in [9.17, 15) is 4.79 Å². The van der Waals surface area contributed by atoms with Crippen molar-refractivity contribution < 1.29 is 9.90 Å². The van der Waals surface area contributed by atoms with Crippen LogP contribution in [0.25, 0.3) is 11.3 Å². The second-order valence-electron chi connectivity index (χ2n) is 4.39. The molecule has 0 fully saturated rings. The van der Waals surface area contributed by atoms with Crippen molar-refractivity contribution >= 4 is 21.9 Å². The zero-order chi connectivity index (χ0) is 14.0. The van der Waals surface area contributed by atoms with Crippen LogP contribution in [-0.2, 0) is 18.3 Å². The van der Waals surface area contributed by atoms with Gasteiger partial charge in [0, 0.05) is 29.2 Å². The van der Waals surface area contributed by atoms with E-state index in [1.165, 1.54) is 0 Å². The van der Waals surface area contributed by atoms with E-state index in [4.69, 9.17) is 5.11 Å². The lowest BCUT2D eigenvalue weighted by Crippen LogP contribution is -2.03. The maximum atomic E-state index is 10.7. The van der Waals surface area contributed by atoms with Crippen molar-refractivity contribution in [2.24, 2.45) is 7.05 Å². The molecule has 0 saturated carbocycles. The first kappa shape index (κ1) is 13.8. The van der Waals surface area contributed by atoms with E-state index in [0.29, 0.717) is 6.42 Å². The third-order valence-corrected chi connectivity index (χ3v) is 3.86. The van der Waals surface area contributed by atoms with Crippen molar-refractivity contribution in [3.05, 3.63) is 40.3 Å². The van der Waals surface area contributed by atoms with Gasteiger partial charge in [-0.2, -0.15) is 0 Å². The first-order valence-corrected chi connectivity index (χ1v) is 6.79. The van der Waals surface area contributed by atoms with Gasteiger partial charge in [-0.15, -0.1) is 0 Å². The zero-order valence-corrected chi connectivity index (χ0v) is 12.4. The molecule has 1 N–H and O–H groups in total. The van der Waals surface area contributed by atoms with Crippen LogP contribution < -0.4 is 0 Å². The van der Waals surface area contributed by atoms with Gasteiger partial charge in [0.1, 0.15) is 5.82 Å². The van der Waals surface area contributed by atoms with E-state index < -0.39 is 5.97 Å². The number of carboxylic acid groups (broad SMARTS) is 1. The zero-order valence-electron chi connectivity index (χ0n) is 10.9. The topological polar surface area (TPSA) is 55.1 Å². The molecule has 0 radical (unpaired) electrons. The third-order valence-electron chi connectivity index (χ3n) is 3.17. The number of nitrogens with zero attached hydrogens (tertiary/aromatic N) is 2. The number of halogens is 1. The maximum absolute atomic E-state index is 10.7. The molecule has 0 unspecified atom stereocenters. The molecule has 5 heteroatoms. The van der Waals surface area contributed by atoms with Gasteiger partial charge in [-0.1, -0.05) is 34.1 Å². The summed E-state index contributed by atoms with van der Waals surface area (Å²) in [6.07, 6.45) is 0.539. The highest BCUT2D eigenvalue weighted by atomic mass is 79.9. The van der Waals surface area contributed by atoms with Gasteiger partial charge in [0.15, 0.2) is 0 Å². The molecular weight excluding hydrogens is 308 g/mol. The standard InChI is InChI=1S/C14H15BrN2O2/c1-9-14(10-5-3-4-6-11(10)15)16-12(17(9)2)7-8-13(18)19/h3-6H,7-8H2,1-2H3,(H,18,19). The second kappa shape index (κ2) is 5.57. The number of aromatic nitrogens is 2. The fraction of sp³-hybridized carbons (Fsp3) is 0.286. The van der Waals surface area contributed by atoms with Crippen LogP contribution in [0.1, 0.15) is 17.9 Å². The highest BCUT2D eigenvalue weighted by Crippen LogP contribution is 2.30. The first-order valence-electron chi connectivity index (χ1n) is 5.99. The Balaban J connectivity index is 2.40. The molecule has 0 aliphatic rings. The van der Waals surface area contributed by atoms with Gasteiger partial charge >= 0.3 is 5.97 Å². The Hall–Kier alpha value is -1.62. The lowest BCUT2D eigenvalue weighted by Gasteiger charge is -2.03. The quantitative estimate of drug-likeness (QED) is 0.940. The molecule has 0 amide bonds. The van der Waals surface area contributed by atoms with Crippen LogP contribution >= 0.6 is 15.9 Å². The summed E-state index contributed by atoms with van der Waals surface area (Å²) in [5.74, 6) is -0.00579. The first-order chi connectivity index (χ1) is 9.00. The summed E-state index contributed by atoms with van der Waals surface area (Å²) in [4.78, 5) is 15.2. The van der Waals surface area contributed by atoms with Crippen LogP contribution in [0.4, 0.5) is 0 Å². The van der Waals surface area contributed by atoms with Crippen LogP contribution in [0.5, 0.6) is 0 Å². The lowest BCUT2D eigenvalue weighted by atomic mass is 10.1. The van der Waals surface area contributed by atoms with Crippen molar-refractivity contribution in [3.8, 4) is 11.3 Å². The smallest absolute Gasteiger partial charge is 0.303 e.